The van der Waals surface area contributed by atoms with Crippen LogP contribution in [0.2, 0.25) is 0 Å². The van der Waals surface area contributed by atoms with Crippen molar-refractivity contribution in [3.8, 4) is 0 Å². The molecule has 0 amide bonds. The number of H-pyrrole nitrogens is 1. The number of aromatic amines is 1. The van der Waals surface area contributed by atoms with E-state index >= 15 is 0 Å². The molecule has 35 heteroatoms. The third-order valence-corrected chi connectivity index (χ3v) is 17.9. The first-order valence-electron chi connectivity index (χ1n) is 28.9. The number of aliphatic hydroxyl groups is 5. The summed E-state index contributed by atoms with van der Waals surface area (Å²) >= 11 is 12.9. The number of ketones is 3. The van der Waals surface area contributed by atoms with Crippen molar-refractivity contribution in [2.45, 2.75) is 122 Å². The van der Waals surface area contributed by atoms with Crippen LogP contribution in [-0.4, -0.2) is 170 Å². The Morgan fingerprint density at radius 1 is 0.576 bits per heavy atom. The molecular formula is C64H78Br4F3N13O14S. The molecule has 3 aliphatic rings. The molecule has 9 aromatic heterocycles. The predicted octanol–water partition coefficient (Wildman–Crippen LogP) is 10.0. The van der Waals surface area contributed by atoms with Crippen molar-refractivity contribution in [1.82, 2.24) is 44.0 Å². The molecule has 3 saturated carbocycles. The number of nitrogens with zero attached hydrogens (tertiary/aromatic N) is 8. The summed E-state index contributed by atoms with van der Waals surface area (Å²) < 4.78 is 91.4. The van der Waals surface area contributed by atoms with Crippen LogP contribution in [-0.2, 0) is 32.9 Å². The first-order chi connectivity index (χ1) is 45.5. The van der Waals surface area contributed by atoms with Crippen molar-refractivity contribution in [1.29, 1.82) is 0 Å². The Morgan fingerprint density at radius 3 is 1.25 bits per heavy atom. The van der Waals surface area contributed by atoms with Gasteiger partial charge in [-0.05, 0) is 122 Å². The number of hydrogen-bond acceptors (Lipinski definition) is 23. The van der Waals surface area contributed by atoms with Crippen LogP contribution >= 0.6 is 63.7 Å². The minimum absolute atomic E-state index is 0. The number of aliphatic hydroxyl groups excluding tert-OH is 5. The van der Waals surface area contributed by atoms with E-state index < -0.39 is 89.6 Å². The van der Waals surface area contributed by atoms with E-state index in [1.165, 1.54) is 37.6 Å². The van der Waals surface area contributed by atoms with Gasteiger partial charge < -0.3 is 68.9 Å². The minimum Gasteiger partial charge on any atom is -0.453 e. The summed E-state index contributed by atoms with van der Waals surface area (Å²) in [6, 6.07) is 13.5. The Morgan fingerprint density at radius 2 is 0.939 bits per heavy atom. The molecule has 11 N–H and O–H groups in total. The summed E-state index contributed by atoms with van der Waals surface area (Å²) in [5.41, 5.74) is 1.78. The highest BCUT2D eigenvalue weighted by Gasteiger charge is 2.46. The van der Waals surface area contributed by atoms with Gasteiger partial charge in [0.25, 0.3) is 0 Å². The third-order valence-electron chi connectivity index (χ3n) is 15.6. The number of carbonyl (C=O) groups excluding carboxylic acids is 3. The normalized spacial score (nSPS) is 22.0. The Bertz CT molecular complexity index is 4130. The Balaban J connectivity index is 0.000000251. The standard InChI is InChI=1S/C20H21BrFN5O6S.C20H20BrFN4O4.C15H17FN4O3.C5H4Br2O.4CH4/c21-16-2-1-13(33-16)8-27-4-3-11(7-27)18(28)14-6-24-10-25-20(14)26-15-5-12(19(29)17(15)22)9-32-34(23,30)31;21-16-2-1-13(30-16)8-26-4-3-11(7-26)18(28)14-6-23-10-24-20(14)25-15-5-12(9-27)19(29)17(15)22;16-12-11(3-9(6-21)14(12)23)20-15-10(5-18-7-19-15)13(22)8-1-2-17-4-8;6-3-4-1-2-5(7)8-4;;;;/h1-4,6-7,10,12,15,17,19,29H,5,8-9H2,(H2,23,30,31)(H,24,25,26);1-4,6-7,10,12,15,17,19,27,29H,5,8-9H2,(H,23,24,25);1-2,4-5,7,9,11-12,14,17,21,23H,3,6H2,(H,18,19,20);1-2H,3H2;4*1H4/t2*12-,15-,17-,19-;9-,11-,12-,14-;;;;;/m111...../s1. The topological polar surface area (TPSA) is 400 Å². The number of carbonyl (C=O) groups is 3. The molecule has 99 heavy (non-hydrogen) atoms. The molecule has 0 unspecified atom stereocenters. The maximum absolute atomic E-state index is 14.7. The summed E-state index contributed by atoms with van der Waals surface area (Å²) in [6.07, 6.45) is 9.47. The number of hydrogen-bond donors (Lipinski definition) is 10. The highest BCUT2D eigenvalue weighted by atomic mass is 79.9. The van der Waals surface area contributed by atoms with Crippen LogP contribution in [0.5, 0.6) is 0 Å². The van der Waals surface area contributed by atoms with Gasteiger partial charge in [0.15, 0.2) is 31.4 Å². The zero-order valence-electron chi connectivity index (χ0n) is 49.5. The summed E-state index contributed by atoms with van der Waals surface area (Å²) in [4.78, 5) is 65.3. The van der Waals surface area contributed by atoms with Gasteiger partial charge in [0.05, 0.1) is 78.2 Å². The van der Waals surface area contributed by atoms with Crippen LogP contribution < -0.4 is 21.1 Å². The van der Waals surface area contributed by atoms with Crippen LogP contribution in [0.25, 0.3) is 0 Å². The minimum atomic E-state index is -4.22. The van der Waals surface area contributed by atoms with Gasteiger partial charge in [-0.15, -0.1) is 0 Å². The van der Waals surface area contributed by atoms with E-state index in [1.54, 1.807) is 72.1 Å². The van der Waals surface area contributed by atoms with E-state index in [9.17, 15) is 56.4 Å². The second-order valence-electron chi connectivity index (χ2n) is 22.0. The van der Waals surface area contributed by atoms with Gasteiger partial charge in [-0.3, -0.25) is 18.6 Å². The van der Waals surface area contributed by atoms with E-state index in [0.29, 0.717) is 44.9 Å². The third kappa shape index (κ3) is 21.6. The summed E-state index contributed by atoms with van der Waals surface area (Å²) in [7, 11) is -4.22. The highest BCUT2D eigenvalue weighted by molar-refractivity contribution is 9.11. The van der Waals surface area contributed by atoms with E-state index in [1.807, 2.05) is 28.8 Å². The lowest BCUT2D eigenvalue weighted by Crippen LogP contribution is -2.33. The molecule has 12 rings (SSSR count). The SMILES string of the molecule is BrCc1ccc(Br)o1.C.C.C.C.NS(=O)(=O)OC[C@H]1C[C@@H](Nc2ncncc2C(=O)c2ccn(Cc3ccc(Br)o3)c2)[C@@H](F)[C@@H]1O.O=C(c1cc[nH]c1)c1cncnc1N[C@@H]1C[C@H](CO)[C@@H](O)[C@@H]1F.O=C(c1ccn(Cc2ccc(Br)o2)c1)c1cncnc1N[C@@H]1C[C@H](CO)[C@@H](O)[C@@H]1F. The van der Waals surface area contributed by atoms with Crippen molar-refractivity contribution in [2.75, 3.05) is 35.8 Å². The monoisotopic (exact) mass is 1660 g/mol. The highest BCUT2D eigenvalue weighted by Crippen LogP contribution is 2.35. The molecule has 9 heterocycles. The number of nitrogens with one attached hydrogen (secondary N) is 4. The van der Waals surface area contributed by atoms with E-state index in [0.717, 1.165) is 21.5 Å². The molecule has 3 fully saturated rings. The molecule has 12 atom stereocenters. The molecule has 0 aromatic carbocycles. The largest absolute Gasteiger partial charge is 0.453 e. The molecule has 0 aliphatic heterocycles. The van der Waals surface area contributed by atoms with Crippen molar-refractivity contribution in [3.63, 3.8) is 0 Å². The fraction of sp³-hybridized carbons (Fsp3) is 0.391. The van der Waals surface area contributed by atoms with Gasteiger partial charge in [0.2, 0.25) is 0 Å². The van der Waals surface area contributed by atoms with Crippen molar-refractivity contribution in [3.05, 3.63) is 194 Å². The van der Waals surface area contributed by atoms with Crippen molar-refractivity contribution in [2.24, 2.45) is 22.9 Å². The van der Waals surface area contributed by atoms with Gasteiger partial charge in [0.1, 0.15) is 72.2 Å². The predicted molar refractivity (Wildman–Crippen MR) is 376 cm³/mol. The molecule has 0 spiro atoms. The number of furan rings is 3. The summed E-state index contributed by atoms with van der Waals surface area (Å²) in [5, 5.41) is 62.5. The average molecular weight is 1660 g/mol. The smallest absolute Gasteiger partial charge is 0.333 e. The fourth-order valence-electron chi connectivity index (χ4n) is 10.7. The molecule has 0 bridgehead atoms. The second kappa shape index (κ2) is 37.9. The van der Waals surface area contributed by atoms with Crippen molar-refractivity contribution < 1.29 is 78.9 Å². The first-order valence-corrected chi connectivity index (χ1v) is 33.9. The zero-order chi connectivity index (χ0) is 68.1. The Labute approximate surface area is 602 Å². The lowest BCUT2D eigenvalue weighted by molar-refractivity contribution is 0.0442. The summed E-state index contributed by atoms with van der Waals surface area (Å²) in [5.74, 6) is -0.0357. The molecule has 9 aromatic rings. The molecule has 3 aliphatic carbocycles. The molecule has 538 valence electrons. The van der Waals surface area contributed by atoms with Gasteiger partial charge >= 0.3 is 10.3 Å². The number of halogens is 7. The van der Waals surface area contributed by atoms with Gasteiger partial charge in [-0.1, -0.05) is 45.6 Å². The Kier molecular flexibility index (Phi) is 31.6. The lowest BCUT2D eigenvalue weighted by Gasteiger charge is -2.18. The van der Waals surface area contributed by atoms with E-state index in [2.05, 4.69) is 119 Å². The summed E-state index contributed by atoms with van der Waals surface area (Å²) in [6.45, 7) is -0.191. The molecule has 0 saturated heterocycles. The number of alkyl halides is 4. The van der Waals surface area contributed by atoms with E-state index in [4.69, 9.17) is 23.5 Å². The maximum Gasteiger partial charge on any atom is 0.333 e. The van der Waals surface area contributed by atoms with Gasteiger partial charge in [-0.25, -0.2) is 48.2 Å². The van der Waals surface area contributed by atoms with Gasteiger partial charge in [0, 0.05) is 103 Å². The number of anilines is 3. The van der Waals surface area contributed by atoms with E-state index in [-0.39, 0.29) is 114 Å². The lowest BCUT2D eigenvalue weighted by atomic mass is 10.1. The van der Waals surface area contributed by atoms with Crippen LogP contribution in [0.15, 0.2) is 157 Å². The second-order valence-corrected chi connectivity index (χ2v) is 26.2. The number of rotatable bonds is 22. The van der Waals surface area contributed by atoms with Crippen LogP contribution in [0.3, 0.4) is 0 Å². The van der Waals surface area contributed by atoms with Crippen LogP contribution in [0, 0.1) is 17.8 Å². The number of aromatic nitrogens is 9. The zero-order valence-corrected chi connectivity index (χ0v) is 56.7. The van der Waals surface area contributed by atoms with Crippen LogP contribution in [0.1, 0.15) is 114 Å². The average Bonchev–Trinajstić information content (AvgIpc) is 1.62. The number of nitrogens with two attached hydrogens (primary N) is 1. The fourth-order valence-corrected chi connectivity index (χ4v) is 12.4. The van der Waals surface area contributed by atoms with Crippen molar-refractivity contribution >= 4 is 109 Å². The maximum atomic E-state index is 14.7. The first kappa shape index (κ1) is 82.4. The van der Waals surface area contributed by atoms with Crippen LogP contribution in [0.4, 0.5) is 30.6 Å². The molecule has 0 radical (unpaired) electrons. The van der Waals surface area contributed by atoms with Gasteiger partial charge in [-0.2, -0.15) is 8.42 Å². The Hall–Kier alpha value is -7.29. The quantitative estimate of drug-likeness (QED) is 0.0223. The molecular weight excluding hydrogens is 1580 g/mol. The molecule has 27 nitrogen and oxygen atoms in total.